The summed E-state index contributed by atoms with van der Waals surface area (Å²) in [6.45, 7) is 1.29. The average molecular weight is 422 g/mol. The molecule has 126 valence electrons. The Labute approximate surface area is 150 Å². The van der Waals surface area contributed by atoms with Gasteiger partial charge in [0, 0.05) is 19.0 Å². The predicted molar refractivity (Wildman–Crippen MR) is 94.1 cm³/mol. The molecule has 1 aliphatic rings. The van der Waals surface area contributed by atoms with Crippen LogP contribution in [0.5, 0.6) is 0 Å². The molecule has 0 aliphatic carbocycles. The van der Waals surface area contributed by atoms with Crippen molar-refractivity contribution in [2.24, 2.45) is 11.7 Å². The molecule has 5 nitrogen and oxygen atoms in total. The van der Waals surface area contributed by atoms with Crippen molar-refractivity contribution >= 4 is 38.4 Å². The molecule has 0 radical (unpaired) electrons. The number of furan rings is 1. The number of hydrogen-bond acceptors (Lipinski definition) is 4. The van der Waals surface area contributed by atoms with Gasteiger partial charge in [-0.3, -0.25) is 0 Å². The van der Waals surface area contributed by atoms with Crippen molar-refractivity contribution in [1.29, 1.82) is 0 Å². The highest BCUT2D eigenvalue weighted by Gasteiger charge is 2.40. The molecule has 0 unspecified atom stereocenters. The molecule has 0 bridgehead atoms. The Hall–Kier alpha value is -0.860. The Balaban J connectivity index is 0.00000192. The van der Waals surface area contributed by atoms with Crippen LogP contribution in [0.4, 0.5) is 0 Å². The number of nitrogens with two attached hydrogens (primary N) is 1. The van der Waals surface area contributed by atoms with E-state index in [1.165, 1.54) is 10.4 Å². The Morgan fingerprint density at radius 2 is 1.87 bits per heavy atom. The molecule has 2 N–H and O–H groups in total. The molecule has 3 rings (SSSR count). The third kappa shape index (κ3) is 3.64. The first-order valence-electron chi connectivity index (χ1n) is 7.03. The van der Waals surface area contributed by atoms with Gasteiger partial charge in [0.15, 0.2) is 4.67 Å². The molecule has 1 aliphatic heterocycles. The number of sulfonamides is 1. The highest BCUT2D eigenvalue weighted by atomic mass is 79.9. The van der Waals surface area contributed by atoms with E-state index in [0.29, 0.717) is 24.3 Å². The molecule has 0 spiro atoms. The van der Waals surface area contributed by atoms with Gasteiger partial charge >= 0.3 is 0 Å². The Morgan fingerprint density at radius 3 is 2.43 bits per heavy atom. The number of halogens is 2. The lowest BCUT2D eigenvalue weighted by molar-refractivity contribution is 0.395. The molecule has 8 heteroatoms. The van der Waals surface area contributed by atoms with Crippen LogP contribution in [0.2, 0.25) is 0 Å². The van der Waals surface area contributed by atoms with Crippen molar-refractivity contribution in [3.05, 3.63) is 52.7 Å². The predicted octanol–water partition coefficient (Wildman–Crippen LogP) is 2.83. The van der Waals surface area contributed by atoms with E-state index in [0.717, 1.165) is 5.56 Å². The van der Waals surface area contributed by atoms with E-state index in [1.807, 2.05) is 30.3 Å². The summed E-state index contributed by atoms with van der Waals surface area (Å²) >= 11 is 3.14. The highest BCUT2D eigenvalue weighted by Crippen LogP contribution is 2.35. The third-order valence-electron chi connectivity index (χ3n) is 4.08. The lowest BCUT2D eigenvalue weighted by Gasteiger charge is -2.16. The molecule has 1 aromatic carbocycles. The molecule has 23 heavy (non-hydrogen) atoms. The second-order valence-corrected chi connectivity index (χ2v) is 8.04. The molecule has 2 aromatic rings. The van der Waals surface area contributed by atoms with Crippen LogP contribution in [0.25, 0.3) is 0 Å². The van der Waals surface area contributed by atoms with E-state index in [1.54, 1.807) is 6.07 Å². The van der Waals surface area contributed by atoms with Crippen LogP contribution in [-0.4, -0.2) is 32.4 Å². The van der Waals surface area contributed by atoms with Gasteiger partial charge in [-0.15, -0.1) is 12.4 Å². The normalized spacial score (nSPS) is 22.0. The zero-order chi connectivity index (χ0) is 15.7. The monoisotopic (exact) mass is 420 g/mol. The van der Waals surface area contributed by atoms with Gasteiger partial charge in [-0.1, -0.05) is 30.3 Å². The molecule has 1 aromatic heterocycles. The van der Waals surface area contributed by atoms with Crippen LogP contribution in [0.3, 0.4) is 0 Å². The van der Waals surface area contributed by atoms with Crippen molar-refractivity contribution in [2.75, 3.05) is 19.6 Å². The number of rotatable bonds is 4. The summed E-state index contributed by atoms with van der Waals surface area (Å²) in [5, 5.41) is -0.0381. The summed E-state index contributed by atoms with van der Waals surface area (Å²) in [4.78, 5) is 0. The minimum Gasteiger partial charge on any atom is -0.437 e. The highest BCUT2D eigenvalue weighted by molar-refractivity contribution is 9.10. The zero-order valence-corrected chi connectivity index (χ0v) is 15.5. The minimum atomic E-state index is -3.62. The molecule has 0 saturated carbocycles. The van der Waals surface area contributed by atoms with Crippen molar-refractivity contribution in [2.45, 2.75) is 11.0 Å². The fourth-order valence-electron chi connectivity index (χ4n) is 2.91. The quantitative estimate of drug-likeness (QED) is 0.823. The van der Waals surface area contributed by atoms with E-state index >= 15 is 0 Å². The zero-order valence-electron chi connectivity index (χ0n) is 12.3. The molecule has 1 saturated heterocycles. The molecule has 1 fully saturated rings. The topological polar surface area (TPSA) is 76.5 Å². The van der Waals surface area contributed by atoms with Gasteiger partial charge in [0.25, 0.3) is 10.0 Å². The van der Waals surface area contributed by atoms with E-state index in [-0.39, 0.29) is 29.3 Å². The van der Waals surface area contributed by atoms with Gasteiger partial charge in [-0.2, -0.15) is 4.31 Å². The van der Waals surface area contributed by atoms with E-state index < -0.39 is 10.0 Å². The van der Waals surface area contributed by atoms with Gasteiger partial charge in [-0.05, 0) is 46.1 Å². The van der Waals surface area contributed by atoms with E-state index in [4.69, 9.17) is 10.2 Å². The molecular weight excluding hydrogens is 404 g/mol. The molecular formula is C15H18BrClN2O3S. The lowest BCUT2D eigenvalue weighted by Crippen LogP contribution is -2.29. The van der Waals surface area contributed by atoms with Gasteiger partial charge < -0.3 is 10.2 Å². The van der Waals surface area contributed by atoms with Crippen LogP contribution in [-0.2, 0) is 10.0 Å². The summed E-state index contributed by atoms with van der Waals surface area (Å²) in [6, 6.07) is 13.0. The van der Waals surface area contributed by atoms with Crippen LogP contribution in [0.15, 0.2) is 56.6 Å². The lowest BCUT2D eigenvalue weighted by atomic mass is 9.89. The first-order chi connectivity index (χ1) is 10.5. The SMILES string of the molecule is Cl.NC[C@@H]1CN(S(=O)(=O)c2ccc(Br)o2)C[C@H]1c1ccccc1. The largest absolute Gasteiger partial charge is 0.437 e. The summed E-state index contributed by atoms with van der Waals surface area (Å²) < 4.78 is 32.4. The number of nitrogens with zero attached hydrogens (tertiary/aromatic N) is 1. The fraction of sp³-hybridized carbons (Fsp3) is 0.333. The van der Waals surface area contributed by atoms with Crippen LogP contribution in [0.1, 0.15) is 11.5 Å². The number of benzene rings is 1. The van der Waals surface area contributed by atoms with Gasteiger partial charge in [0.05, 0.1) is 0 Å². The maximum absolute atomic E-state index is 12.7. The maximum atomic E-state index is 12.7. The fourth-order valence-corrected chi connectivity index (χ4v) is 4.76. The van der Waals surface area contributed by atoms with E-state index in [9.17, 15) is 8.42 Å². The summed E-state index contributed by atoms with van der Waals surface area (Å²) in [5.74, 6) is 0.218. The van der Waals surface area contributed by atoms with Crippen molar-refractivity contribution < 1.29 is 12.8 Å². The molecule has 0 amide bonds. The first kappa shape index (κ1) is 18.5. The van der Waals surface area contributed by atoms with E-state index in [2.05, 4.69) is 15.9 Å². The summed E-state index contributed by atoms with van der Waals surface area (Å²) in [5.41, 5.74) is 6.98. The Bertz CT molecular complexity index is 751. The third-order valence-corrected chi connectivity index (χ3v) is 6.21. The second-order valence-electron chi connectivity index (χ2n) is 5.39. The van der Waals surface area contributed by atoms with Crippen LogP contribution in [0, 0.1) is 5.92 Å². The van der Waals surface area contributed by atoms with Crippen molar-refractivity contribution in [3.63, 3.8) is 0 Å². The molecule has 2 atom stereocenters. The van der Waals surface area contributed by atoms with Crippen molar-refractivity contribution in [3.8, 4) is 0 Å². The first-order valence-corrected chi connectivity index (χ1v) is 9.26. The number of hydrogen-bond donors (Lipinski definition) is 1. The van der Waals surface area contributed by atoms with Crippen molar-refractivity contribution in [1.82, 2.24) is 4.31 Å². The average Bonchev–Trinajstić information content (AvgIpc) is 3.14. The van der Waals surface area contributed by atoms with Crippen LogP contribution < -0.4 is 5.73 Å². The van der Waals surface area contributed by atoms with Gasteiger partial charge in [-0.25, -0.2) is 8.42 Å². The van der Waals surface area contributed by atoms with Crippen LogP contribution >= 0.6 is 28.3 Å². The smallest absolute Gasteiger partial charge is 0.276 e. The second kappa shape index (κ2) is 7.36. The van der Waals surface area contributed by atoms with Gasteiger partial charge in [0.1, 0.15) is 0 Å². The maximum Gasteiger partial charge on any atom is 0.276 e. The minimum absolute atomic E-state index is 0. The van der Waals surface area contributed by atoms with Gasteiger partial charge in [0.2, 0.25) is 5.09 Å². The Kier molecular flexibility index (Phi) is 5.91. The standard InChI is InChI=1S/C15H17BrN2O3S.ClH/c16-14-6-7-15(21-14)22(19,20)18-9-12(8-17)13(10-18)11-4-2-1-3-5-11;/h1-7,12-13H,8-10,17H2;1H/t12-,13+;/m1./s1. The molecule has 2 heterocycles. The summed E-state index contributed by atoms with van der Waals surface area (Å²) in [6.07, 6.45) is 0. The summed E-state index contributed by atoms with van der Waals surface area (Å²) in [7, 11) is -3.62. The Morgan fingerprint density at radius 1 is 1.17 bits per heavy atom.